The summed E-state index contributed by atoms with van der Waals surface area (Å²) in [4.78, 5) is 28.3. The summed E-state index contributed by atoms with van der Waals surface area (Å²) in [6.45, 7) is 3.03. The van der Waals surface area contributed by atoms with E-state index in [0.29, 0.717) is 30.4 Å². The molecule has 2 rings (SSSR count). The molecule has 2 heterocycles. The third-order valence-electron chi connectivity index (χ3n) is 2.61. The topological polar surface area (TPSA) is 113 Å². The van der Waals surface area contributed by atoms with Crippen LogP contribution in [0.15, 0.2) is 22.3 Å². The second-order valence-electron chi connectivity index (χ2n) is 4.31. The van der Waals surface area contributed by atoms with Crippen LogP contribution in [0.4, 0.5) is 17.3 Å². The monoisotopic (exact) mass is 309 g/mol. The normalized spacial score (nSPS) is 10.3. The van der Waals surface area contributed by atoms with Gasteiger partial charge in [-0.15, -0.1) is 0 Å². The first kappa shape index (κ1) is 15.0. The van der Waals surface area contributed by atoms with Gasteiger partial charge in [0.2, 0.25) is 0 Å². The van der Waals surface area contributed by atoms with Crippen LogP contribution in [-0.4, -0.2) is 21.4 Å². The van der Waals surface area contributed by atoms with E-state index in [1.54, 1.807) is 5.38 Å². The van der Waals surface area contributed by atoms with Crippen molar-refractivity contribution in [3.05, 3.63) is 43.0 Å². The van der Waals surface area contributed by atoms with Crippen LogP contribution in [0.5, 0.6) is 0 Å². The van der Waals surface area contributed by atoms with Crippen LogP contribution in [0.1, 0.15) is 19.0 Å². The molecule has 0 saturated carbocycles. The van der Waals surface area contributed by atoms with Crippen LogP contribution >= 0.6 is 11.3 Å². The maximum absolute atomic E-state index is 11.0. The number of hydrogen-bond donors (Lipinski definition) is 3. The van der Waals surface area contributed by atoms with Crippen molar-refractivity contribution >= 4 is 28.7 Å². The summed E-state index contributed by atoms with van der Waals surface area (Å²) in [5.41, 5.74) is 0.672. The number of thiazole rings is 1. The number of hydrogen-bond acceptors (Lipinski definition) is 7. The molecule has 0 atom stereocenters. The van der Waals surface area contributed by atoms with Gasteiger partial charge in [-0.05, 0) is 6.42 Å². The van der Waals surface area contributed by atoms with Crippen molar-refractivity contribution in [3.8, 4) is 0 Å². The average Bonchev–Trinajstić information content (AvgIpc) is 2.88. The Morgan fingerprint density at radius 2 is 2.10 bits per heavy atom. The summed E-state index contributed by atoms with van der Waals surface area (Å²) in [5, 5.41) is 18.6. The molecular formula is C12H15N5O3S. The maximum atomic E-state index is 11.0. The zero-order valence-corrected chi connectivity index (χ0v) is 12.2. The minimum absolute atomic E-state index is 0.0371. The lowest BCUT2D eigenvalue weighted by atomic mass is 10.3. The van der Waals surface area contributed by atoms with Gasteiger partial charge in [0.05, 0.1) is 23.6 Å². The van der Waals surface area contributed by atoms with Gasteiger partial charge in [0, 0.05) is 17.6 Å². The Morgan fingerprint density at radius 1 is 1.38 bits per heavy atom. The molecule has 9 heteroatoms. The standard InChI is InChI=1S/C12H15N5O3S/c1-2-3-13-10-4-9(17(19)20)5-11(16-10)14-6-8-7-21-12(18)15-8/h4-5,7H,2-3,6H2,1H3,(H,15,18)(H2,13,14,16). The molecule has 2 aromatic rings. The summed E-state index contributed by atoms with van der Waals surface area (Å²) in [6, 6.07) is 2.76. The molecule has 0 aliphatic carbocycles. The molecule has 21 heavy (non-hydrogen) atoms. The molecule has 0 fully saturated rings. The number of H-pyrrole nitrogens is 1. The first-order chi connectivity index (χ1) is 10.1. The van der Waals surface area contributed by atoms with Crippen molar-refractivity contribution < 1.29 is 4.92 Å². The Bertz CT molecular complexity index is 682. The molecule has 0 aliphatic heterocycles. The van der Waals surface area contributed by atoms with Gasteiger partial charge in [-0.25, -0.2) is 4.98 Å². The molecule has 0 unspecified atom stereocenters. The Balaban J connectivity index is 2.14. The van der Waals surface area contributed by atoms with Crippen molar-refractivity contribution in [3.63, 3.8) is 0 Å². The smallest absolute Gasteiger partial charge is 0.304 e. The zero-order valence-electron chi connectivity index (χ0n) is 11.4. The second-order valence-corrected chi connectivity index (χ2v) is 5.15. The number of nitrogens with zero attached hydrogens (tertiary/aromatic N) is 2. The largest absolute Gasteiger partial charge is 0.370 e. The number of anilines is 2. The minimum Gasteiger partial charge on any atom is -0.370 e. The van der Waals surface area contributed by atoms with E-state index in [-0.39, 0.29) is 10.6 Å². The van der Waals surface area contributed by atoms with Gasteiger partial charge in [0.1, 0.15) is 11.6 Å². The van der Waals surface area contributed by atoms with Crippen LogP contribution in [0, 0.1) is 10.1 Å². The average molecular weight is 309 g/mol. The highest BCUT2D eigenvalue weighted by Gasteiger charge is 2.11. The van der Waals surface area contributed by atoms with Crippen molar-refractivity contribution in [1.29, 1.82) is 0 Å². The van der Waals surface area contributed by atoms with E-state index >= 15 is 0 Å². The fraction of sp³-hybridized carbons (Fsp3) is 0.333. The highest BCUT2D eigenvalue weighted by atomic mass is 32.1. The summed E-state index contributed by atoms with van der Waals surface area (Å²) < 4.78 is 0. The summed E-state index contributed by atoms with van der Waals surface area (Å²) >= 11 is 1.07. The quantitative estimate of drug-likeness (QED) is 0.533. The minimum atomic E-state index is -0.462. The van der Waals surface area contributed by atoms with Gasteiger partial charge in [0.15, 0.2) is 0 Å². The maximum Gasteiger partial charge on any atom is 0.304 e. The van der Waals surface area contributed by atoms with E-state index in [0.717, 1.165) is 17.8 Å². The Hall–Kier alpha value is -2.42. The zero-order chi connectivity index (χ0) is 15.2. The van der Waals surface area contributed by atoms with E-state index in [9.17, 15) is 14.9 Å². The lowest BCUT2D eigenvalue weighted by molar-refractivity contribution is -0.384. The van der Waals surface area contributed by atoms with Crippen molar-refractivity contribution in [1.82, 2.24) is 9.97 Å². The molecule has 0 saturated heterocycles. The summed E-state index contributed by atoms with van der Waals surface area (Å²) in [6.07, 6.45) is 0.892. The Morgan fingerprint density at radius 3 is 2.67 bits per heavy atom. The fourth-order valence-electron chi connectivity index (χ4n) is 1.64. The molecule has 0 spiro atoms. The second kappa shape index (κ2) is 6.84. The van der Waals surface area contributed by atoms with Gasteiger partial charge in [0.25, 0.3) is 5.69 Å². The molecule has 0 amide bonds. The molecule has 0 aliphatic rings. The van der Waals surface area contributed by atoms with Crippen molar-refractivity contribution in [2.45, 2.75) is 19.9 Å². The molecular weight excluding hydrogens is 294 g/mol. The van der Waals surface area contributed by atoms with Gasteiger partial charge >= 0.3 is 4.87 Å². The predicted octanol–water partition coefficient (Wildman–Crippen LogP) is 2.17. The molecule has 0 bridgehead atoms. The van der Waals surface area contributed by atoms with Crippen LogP contribution in [-0.2, 0) is 6.54 Å². The van der Waals surface area contributed by atoms with Gasteiger partial charge < -0.3 is 15.6 Å². The van der Waals surface area contributed by atoms with Crippen molar-refractivity contribution in [2.75, 3.05) is 17.2 Å². The highest BCUT2D eigenvalue weighted by molar-refractivity contribution is 7.07. The van der Waals surface area contributed by atoms with Gasteiger partial charge in [-0.1, -0.05) is 18.3 Å². The Labute approximate surface area is 124 Å². The van der Waals surface area contributed by atoms with Crippen LogP contribution in [0.3, 0.4) is 0 Å². The predicted molar refractivity (Wildman–Crippen MR) is 81.9 cm³/mol. The lowest BCUT2D eigenvalue weighted by Gasteiger charge is -2.08. The fourth-order valence-corrected chi connectivity index (χ4v) is 2.22. The molecule has 0 radical (unpaired) electrons. The third kappa shape index (κ3) is 4.28. The molecule has 3 N–H and O–H groups in total. The number of pyridine rings is 1. The number of nitro groups is 1. The van der Waals surface area contributed by atoms with Gasteiger partial charge in [-0.2, -0.15) is 0 Å². The number of aromatic nitrogens is 2. The number of rotatable bonds is 7. The van der Waals surface area contributed by atoms with E-state index in [4.69, 9.17) is 0 Å². The molecule has 2 aromatic heterocycles. The number of nitrogens with one attached hydrogen (secondary N) is 3. The van der Waals surface area contributed by atoms with E-state index in [1.807, 2.05) is 6.92 Å². The summed E-state index contributed by atoms with van der Waals surface area (Å²) in [5.74, 6) is 0.835. The van der Waals surface area contributed by atoms with E-state index in [2.05, 4.69) is 20.6 Å². The Kier molecular flexibility index (Phi) is 4.88. The van der Waals surface area contributed by atoms with Crippen LogP contribution in [0.25, 0.3) is 0 Å². The lowest BCUT2D eigenvalue weighted by Crippen LogP contribution is -2.07. The molecule has 8 nitrogen and oxygen atoms in total. The van der Waals surface area contributed by atoms with E-state index < -0.39 is 4.92 Å². The van der Waals surface area contributed by atoms with Crippen LogP contribution in [0.2, 0.25) is 0 Å². The SMILES string of the molecule is CCCNc1cc([N+](=O)[O-])cc(NCc2csc(=O)[nH]2)n1. The molecule has 112 valence electrons. The molecule has 0 aromatic carbocycles. The van der Waals surface area contributed by atoms with Crippen LogP contribution < -0.4 is 15.5 Å². The van der Waals surface area contributed by atoms with Gasteiger partial charge in [-0.3, -0.25) is 14.9 Å². The first-order valence-electron chi connectivity index (χ1n) is 6.39. The van der Waals surface area contributed by atoms with E-state index in [1.165, 1.54) is 12.1 Å². The third-order valence-corrected chi connectivity index (χ3v) is 3.33. The van der Waals surface area contributed by atoms with Crippen molar-refractivity contribution in [2.24, 2.45) is 0 Å². The first-order valence-corrected chi connectivity index (χ1v) is 7.27. The number of aromatic amines is 1. The highest BCUT2D eigenvalue weighted by Crippen LogP contribution is 2.21. The summed E-state index contributed by atoms with van der Waals surface area (Å²) in [7, 11) is 0.